The maximum Gasteiger partial charge on any atom is 0.308 e. The lowest BCUT2D eigenvalue weighted by Crippen LogP contribution is -2.49. The summed E-state index contributed by atoms with van der Waals surface area (Å²) in [6, 6.07) is 10.4. The van der Waals surface area contributed by atoms with Crippen molar-refractivity contribution in [3.63, 3.8) is 0 Å². The lowest BCUT2D eigenvalue weighted by molar-refractivity contribution is -0.147. The summed E-state index contributed by atoms with van der Waals surface area (Å²) in [5.41, 5.74) is 1.25. The van der Waals surface area contributed by atoms with Crippen LogP contribution < -0.4 is 4.90 Å². The summed E-state index contributed by atoms with van der Waals surface area (Å²) in [5, 5.41) is 9.26. The fourth-order valence-electron chi connectivity index (χ4n) is 4.01. The molecule has 6 nitrogen and oxygen atoms in total. The number of benzene rings is 1. The molecule has 1 aromatic rings. The number of para-hydroxylation sites is 1. The van der Waals surface area contributed by atoms with Gasteiger partial charge in [0.15, 0.2) is 0 Å². The Morgan fingerprint density at radius 1 is 1.08 bits per heavy atom. The average molecular weight is 359 g/mol. The van der Waals surface area contributed by atoms with Gasteiger partial charge in [-0.15, -0.1) is 0 Å². The van der Waals surface area contributed by atoms with Crippen LogP contribution in [0.15, 0.2) is 30.3 Å². The van der Waals surface area contributed by atoms with E-state index in [1.807, 2.05) is 13.0 Å². The molecule has 6 heteroatoms. The fraction of sp³-hybridized carbons (Fsp3) is 0.600. The summed E-state index contributed by atoms with van der Waals surface area (Å²) in [6.45, 7) is 7.68. The molecular weight excluding hydrogens is 330 g/mol. The number of aliphatic carboxylic acids is 1. The molecule has 2 heterocycles. The van der Waals surface area contributed by atoms with Crippen LogP contribution in [0.1, 0.15) is 19.8 Å². The highest BCUT2D eigenvalue weighted by Crippen LogP contribution is 2.22. The van der Waals surface area contributed by atoms with Gasteiger partial charge in [-0.25, -0.2) is 0 Å². The first kappa shape index (κ1) is 18.7. The number of piperidine rings is 1. The van der Waals surface area contributed by atoms with E-state index >= 15 is 0 Å². The number of carboxylic acids is 1. The molecule has 2 saturated heterocycles. The van der Waals surface area contributed by atoms with Crippen molar-refractivity contribution in [3.05, 3.63) is 30.3 Å². The van der Waals surface area contributed by atoms with Crippen molar-refractivity contribution in [3.8, 4) is 0 Å². The van der Waals surface area contributed by atoms with Gasteiger partial charge < -0.3 is 14.9 Å². The number of carbonyl (C=O) groups excluding carboxylic acids is 1. The van der Waals surface area contributed by atoms with Crippen molar-refractivity contribution < 1.29 is 14.7 Å². The molecule has 142 valence electrons. The highest BCUT2D eigenvalue weighted by atomic mass is 16.4. The molecule has 0 saturated carbocycles. The number of rotatable bonds is 5. The van der Waals surface area contributed by atoms with Gasteiger partial charge >= 0.3 is 5.97 Å². The van der Waals surface area contributed by atoms with Gasteiger partial charge in [-0.3, -0.25) is 14.5 Å². The quantitative estimate of drug-likeness (QED) is 0.868. The summed E-state index contributed by atoms with van der Waals surface area (Å²) in [4.78, 5) is 30.3. The highest BCUT2D eigenvalue weighted by molar-refractivity contribution is 5.78. The second-order valence-corrected chi connectivity index (χ2v) is 7.59. The Balaban J connectivity index is 1.43. The van der Waals surface area contributed by atoms with Gasteiger partial charge in [0.25, 0.3) is 0 Å². The number of likely N-dealkylation sites (tertiary alicyclic amines) is 1. The maximum absolute atomic E-state index is 12.5. The summed E-state index contributed by atoms with van der Waals surface area (Å²) in [5.74, 6) is -0.861. The molecule has 2 fully saturated rings. The van der Waals surface area contributed by atoms with E-state index in [0.717, 1.165) is 32.7 Å². The Hall–Kier alpha value is -2.08. The molecule has 2 atom stereocenters. The van der Waals surface area contributed by atoms with Crippen LogP contribution in [0.3, 0.4) is 0 Å². The van der Waals surface area contributed by atoms with Gasteiger partial charge in [-0.2, -0.15) is 0 Å². The van der Waals surface area contributed by atoms with Crippen molar-refractivity contribution in [1.29, 1.82) is 0 Å². The molecule has 0 aliphatic carbocycles. The van der Waals surface area contributed by atoms with E-state index in [1.165, 1.54) is 5.69 Å². The monoisotopic (exact) mass is 359 g/mol. The van der Waals surface area contributed by atoms with E-state index in [9.17, 15) is 14.7 Å². The summed E-state index contributed by atoms with van der Waals surface area (Å²) < 4.78 is 0. The minimum atomic E-state index is -0.786. The van der Waals surface area contributed by atoms with Crippen molar-refractivity contribution >= 4 is 17.6 Å². The molecule has 0 radical (unpaired) electrons. The molecule has 2 unspecified atom stereocenters. The van der Waals surface area contributed by atoms with Gasteiger partial charge in [-0.05, 0) is 24.5 Å². The first-order valence-electron chi connectivity index (χ1n) is 9.56. The molecule has 3 rings (SSSR count). The minimum absolute atomic E-state index is 0.0910. The smallest absolute Gasteiger partial charge is 0.308 e. The van der Waals surface area contributed by atoms with Crippen molar-refractivity contribution in [1.82, 2.24) is 9.80 Å². The lowest BCUT2D eigenvalue weighted by Gasteiger charge is -2.37. The normalized spacial score (nSPS) is 24.5. The van der Waals surface area contributed by atoms with E-state index < -0.39 is 11.9 Å². The third-order valence-corrected chi connectivity index (χ3v) is 5.50. The molecule has 1 amide bonds. The van der Waals surface area contributed by atoms with E-state index in [4.69, 9.17) is 0 Å². The van der Waals surface area contributed by atoms with Crippen LogP contribution in [-0.2, 0) is 9.59 Å². The first-order chi connectivity index (χ1) is 12.5. The molecule has 0 aromatic heterocycles. The number of carboxylic acid groups (broad SMARTS) is 1. The van der Waals surface area contributed by atoms with E-state index in [2.05, 4.69) is 34.1 Å². The largest absolute Gasteiger partial charge is 0.481 e. The van der Waals surface area contributed by atoms with Gasteiger partial charge in [0, 0.05) is 57.9 Å². The number of amides is 1. The molecule has 2 aliphatic heterocycles. The first-order valence-corrected chi connectivity index (χ1v) is 9.56. The number of nitrogens with zero attached hydrogens (tertiary/aromatic N) is 3. The second kappa shape index (κ2) is 8.54. The topological polar surface area (TPSA) is 64.1 Å². The SMILES string of the molecule is CC1CC(C(=O)O)CN(C(=O)CCN2CCN(c3ccccc3)CC2)C1. The molecular formula is C20H29N3O3. The Bertz CT molecular complexity index is 614. The minimum Gasteiger partial charge on any atom is -0.481 e. The summed E-state index contributed by atoms with van der Waals surface area (Å²) >= 11 is 0. The van der Waals surface area contributed by atoms with Crippen molar-refractivity contribution in [2.24, 2.45) is 11.8 Å². The van der Waals surface area contributed by atoms with Crippen LogP contribution in [0.25, 0.3) is 0 Å². The van der Waals surface area contributed by atoms with E-state index in [0.29, 0.717) is 25.9 Å². The molecule has 1 aromatic carbocycles. The standard InChI is InChI=1S/C20H29N3O3/c1-16-13-17(20(25)26)15-23(14-16)19(24)7-8-21-9-11-22(12-10-21)18-5-3-2-4-6-18/h2-6,16-17H,7-15H2,1H3,(H,25,26). The van der Waals surface area contributed by atoms with Crippen molar-refractivity contribution in [2.45, 2.75) is 19.8 Å². The molecule has 0 bridgehead atoms. The predicted molar refractivity (Wildman–Crippen MR) is 101 cm³/mol. The summed E-state index contributed by atoms with van der Waals surface area (Å²) in [7, 11) is 0. The highest BCUT2D eigenvalue weighted by Gasteiger charge is 2.31. The van der Waals surface area contributed by atoms with E-state index in [-0.39, 0.29) is 11.8 Å². The Morgan fingerprint density at radius 3 is 2.42 bits per heavy atom. The Kier molecular flexibility index (Phi) is 6.14. The Morgan fingerprint density at radius 2 is 1.77 bits per heavy atom. The second-order valence-electron chi connectivity index (χ2n) is 7.59. The predicted octanol–water partition coefficient (Wildman–Crippen LogP) is 1.77. The zero-order valence-corrected chi connectivity index (χ0v) is 15.5. The molecule has 2 aliphatic rings. The number of hydrogen-bond acceptors (Lipinski definition) is 4. The Labute approximate surface area is 155 Å². The van der Waals surface area contributed by atoms with Crippen molar-refractivity contribution in [2.75, 3.05) is 50.7 Å². The number of anilines is 1. The van der Waals surface area contributed by atoms with Gasteiger partial charge in [0.05, 0.1) is 5.92 Å². The van der Waals surface area contributed by atoms with Gasteiger partial charge in [-0.1, -0.05) is 25.1 Å². The van der Waals surface area contributed by atoms with Crippen LogP contribution in [0.4, 0.5) is 5.69 Å². The lowest BCUT2D eigenvalue weighted by atomic mass is 9.90. The molecule has 0 spiro atoms. The van der Waals surface area contributed by atoms with Crippen LogP contribution in [0.2, 0.25) is 0 Å². The molecule has 26 heavy (non-hydrogen) atoms. The number of hydrogen-bond donors (Lipinski definition) is 1. The zero-order chi connectivity index (χ0) is 18.5. The zero-order valence-electron chi connectivity index (χ0n) is 15.5. The number of piperazine rings is 1. The third-order valence-electron chi connectivity index (χ3n) is 5.50. The van der Waals surface area contributed by atoms with Gasteiger partial charge in [0.1, 0.15) is 0 Å². The fourth-order valence-corrected chi connectivity index (χ4v) is 4.01. The van der Waals surface area contributed by atoms with E-state index in [1.54, 1.807) is 4.90 Å². The maximum atomic E-state index is 12.5. The van der Waals surface area contributed by atoms with Gasteiger partial charge in [0.2, 0.25) is 5.91 Å². The number of carbonyl (C=O) groups is 2. The van der Waals surface area contributed by atoms with Crippen LogP contribution >= 0.6 is 0 Å². The summed E-state index contributed by atoms with van der Waals surface area (Å²) in [6.07, 6.45) is 1.14. The van der Waals surface area contributed by atoms with Crippen LogP contribution in [0.5, 0.6) is 0 Å². The molecule has 1 N–H and O–H groups in total. The van der Waals surface area contributed by atoms with Crippen LogP contribution in [-0.4, -0.2) is 72.6 Å². The van der Waals surface area contributed by atoms with Crippen LogP contribution in [0, 0.1) is 11.8 Å². The average Bonchev–Trinajstić information content (AvgIpc) is 2.66. The third kappa shape index (κ3) is 4.75.